The van der Waals surface area contributed by atoms with E-state index in [4.69, 9.17) is 32.7 Å². The number of carbonyl (C=O) groups excluding carboxylic acids is 1. The summed E-state index contributed by atoms with van der Waals surface area (Å²) < 4.78 is 11.5. The molecule has 3 nitrogen and oxygen atoms in total. The molecule has 0 aliphatic carbocycles. The zero-order chi connectivity index (χ0) is 18.8. The second-order valence-electron chi connectivity index (χ2n) is 6.29. The average molecular weight is 399 g/mol. The molecule has 4 rings (SSSR count). The van der Waals surface area contributed by atoms with Crippen LogP contribution in [0.15, 0.2) is 72.8 Å². The van der Waals surface area contributed by atoms with E-state index >= 15 is 0 Å². The van der Waals surface area contributed by atoms with Gasteiger partial charge in [0.25, 0.3) is 0 Å². The lowest BCUT2D eigenvalue weighted by Gasteiger charge is -2.10. The van der Waals surface area contributed by atoms with Gasteiger partial charge in [-0.3, -0.25) is 4.79 Å². The van der Waals surface area contributed by atoms with E-state index in [2.05, 4.69) is 0 Å². The molecular weight excluding hydrogens is 383 g/mol. The fourth-order valence-electron chi connectivity index (χ4n) is 2.94. The lowest BCUT2D eigenvalue weighted by molar-refractivity contribution is 0.0949. The number of hydrogen-bond acceptors (Lipinski definition) is 3. The average Bonchev–Trinajstić information content (AvgIpc) is 3.50. The fourth-order valence-corrected chi connectivity index (χ4v) is 3.25. The molecule has 2 atom stereocenters. The van der Waals surface area contributed by atoms with E-state index in [0.717, 1.165) is 11.1 Å². The van der Waals surface area contributed by atoms with Gasteiger partial charge in [0.15, 0.2) is 11.9 Å². The number of Topliss-reactive ketones (excluding diaryl/α,β-unsaturated/α-hetero) is 1. The van der Waals surface area contributed by atoms with E-state index < -0.39 is 6.10 Å². The number of halogens is 2. The smallest absolute Gasteiger partial charge is 0.198 e. The van der Waals surface area contributed by atoms with Crippen molar-refractivity contribution in [3.63, 3.8) is 0 Å². The molecule has 5 heteroatoms. The Morgan fingerprint density at radius 3 is 2.44 bits per heavy atom. The third-order valence-electron chi connectivity index (χ3n) is 4.41. The van der Waals surface area contributed by atoms with Crippen LogP contribution < -0.4 is 4.74 Å². The number of rotatable bonds is 6. The van der Waals surface area contributed by atoms with Gasteiger partial charge in [0, 0.05) is 0 Å². The number of para-hydroxylation sites is 1. The number of hydrogen-bond donors (Lipinski definition) is 0. The van der Waals surface area contributed by atoms with Gasteiger partial charge in [-0.25, -0.2) is 0 Å². The van der Waals surface area contributed by atoms with E-state index in [1.165, 1.54) is 0 Å². The molecule has 3 aromatic carbocycles. The maximum absolute atomic E-state index is 12.9. The molecule has 1 aliphatic rings. The minimum Gasteiger partial charge on any atom is -0.488 e. The van der Waals surface area contributed by atoms with Gasteiger partial charge in [-0.15, -0.1) is 0 Å². The number of ether oxygens (including phenoxy) is 2. The summed E-state index contributed by atoms with van der Waals surface area (Å²) in [5.41, 5.74) is 2.39. The highest BCUT2D eigenvalue weighted by Gasteiger charge is 2.47. The van der Waals surface area contributed by atoms with Gasteiger partial charge >= 0.3 is 0 Å². The fraction of sp³-hybridized carbons (Fsp3) is 0.136. The summed E-state index contributed by atoms with van der Waals surface area (Å²) in [4.78, 5) is 12.9. The SMILES string of the molecule is O=C(c1ccccc1OCc1ccccc1)[C@H]1O[C@@H]1c1ccc(Cl)c(Cl)c1. The van der Waals surface area contributed by atoms with Crippen molar-refractivity contribution in [2.45, 2.75) is 18.8 Å². The van der Waals surface area contributed by atoms with Gasteiger partial charge in [0.05, 0.1) is 15.6 Å². The Balaban J connectivity index is 1.49. The Labute approximate surface area is 167 Å². The summed E-state index contributed by atoms with van der Waals surface area (Å²) >= 11 is 12.0. The molecule has 1 saturated heterocycles. The maximum Gasteiger partial charge on any atom is 0.198 e. The van der Waals surface area contributed by atoms with Gasteiger partial charge in [-0.05, 0) is 35.4 Å². The summed E-state index contributed by atoms with van der Waals surface area (Å²) in [6, 6.07) is 22.3. The molecular formula is C22H16Cl2O3. The molecule has 1 fully saturated rings. The second-order valence-corrected chi connectivity index (χ2v) is 7.10. The molecule has 1 heterocycles. The lowest BCUT2D eigenvalue weighted by atomic mass is 10.0. The van der Waals surface area contributed by atoms with Crippen molar-refractivity contribution in [3.8, 4) is 5.75 Å². The van der Waals surface area contributed by atoms with Crippen molar-refractivity contribution in [2.24, 2.45) is 0 Å². The number of epoxide rings is 1. The predicted octanol–water partition coefficient (Wildman–Crippen LogP) is 5.90. The highest BCUT2D eigenvalue weighted by molar-refractivity contribution is 6.42. The quantitative estimate of drug-likeness (QED) is 0.383. The largest absolute Gasteiger partial charge is 0.488 e. The zero-order valence-corrected chi connectivity index (χ0v) is 15.8. The molecule has 136 valence electrons. The minimum atomic E-state index is -0.538. The Morgan fingerprint density at radius 2 is 1.67 bits per heavy atom. The third-order valence-corrected chi connectivity index (χ3v) is 5.15. The Kier molecular flexibility index (Phi) is 5.17. The first kappa shape index (κ1) is 18.1. The van der Waals surface area contributed by atoms with E-state index in [-0.39, 0.29) is 11.9 Å². The first-order valence-electron chi connectivity index (χ1n) is 8.54. The van der Waals surface area contributed by atoms with Gasteiger partial charge in [-0.1, -0.05) is 71.7 Å². The number of ketones is 1. The van der Waals surface area contributed by atoms with Gasteiger partial charge in [0.1, 0.15) is 18.5 Å². The minimum absolute atomic E-state index is 0.102. The first-order valence-corrected chi connectivity index (χ1v) is 9.29. The van der Waals surface area contributed by atoms with Crippen molar-refractivity contribution in [1.29, 1.82) is 0 Å². The van der Waals surface area contributed by atoms with E-state index in [1.807, 2.05) is 48.5 Å². The van der Waals surface area contributed by atoms with Crippen molar-refractivity contribution < 1.29 is 14.3 Å². The molecule has 3 aromatic rings. The summed E-state index contributed by atoms with van der Waals surface area (Å²) in [6.45, 7) is 0.396. The van der Waals surface area contributed by atoms with Crippen LogP contribution in [0.4, 0.5) is 0 Å². The summed E-state index contributed by atoms with van der Waals surface area (Å²) in [5.74, 6) is 0.449. The van der Waals surface area contributed by atoms with E-state index in [1.54, 1.807) is 24.3 Å². The molecule has 0 N–H and O–H groups in total. The molecule has 27 heavy (non-hydrogen) atoms. The van der Waals surface area contributed by atoms with Gasteiger partial charge in [-0.2, -0.15) is 0 Å². The van der Waals surface area contributed by atoms with Crippen molar-refractivity contribution in [2.75, 3.05) is 0 Å². The molecule has 0 amide bonds. The van der Waals surface area contributed by atoms with Crippen LogP contribution in [0, 0.1) is 0 Å². The van der Waals surface area contributed by atoms with Gasteiger partial charge in [0.2, 0.25) is 0 Å². The second kappa shape index (κ2) is 7.73. The van der Waals surface area contributed by atoms with Crippen LogP contribution in [0.25, 0.3) is 0 Å². The van der Waals surface area contributed by atoms with Crippen LogP contribution in [-0.4, -0.2) is 11.9 Å². The first-order chi connectivity index (χ1) is 13.1. The molecule has 0 bridgehead atoms. The molecule has 0 spiro atoms. The van der Waals surface area contributed by atoms with Crippen LogP contribution in [0.2, 0.25) is 10.0 Å². The van der Waals surface area contributed by atoms with Crippen molar-refractivity contribution >= 4 is 29.0 Å². The lowest BCUT2D eigenvalue weighted by Crippen LogP contribution is -2.10. The van der Waals surface area contributed by atoms with Crippen LogP contribution in [0.3, 0.4) is 0 Å². The molecule has 1 aliphatic heterocycles. The predicted molar refractivity (Wildman–Crippen MR) is 106 cm³/mol. The standard InChI is InChI=1S/C22H16Cl2O3/c23-17-11-10-15(12-18(17)24)21-22(27-21)20(25)16-8-4-5-9-19(16)26-13-14-6-2-1-3-7-14/h1-12,21-22H,13H2/t21-,22-/m1/s1. The van der Waals surface area contributed by atoms with Crippen LogP contribution in [0.1, 0.15) is 27.6 Å². The molecule has 0 unspecified atom stereocenters. The Morgan fingerprint density at radius 1 is 0.926 bits per heavy atom. The normalized spacial score (nSPS) is 18.1. The van der Waals surface area contributed by atoms with E-state index in [0.29, 0.717) is 28.0 Å². The Hall–Kier alpha value is -2.33. The van der Waals surface area contributed by atoms with Crippen LogP contribution in [-0.2, 0) is 11.3 Å². The van der Waals surface area contributed by atoms with E-state index in [9.17, 15) is 4.79 Å². The van der Waals surface area contributed by atoms with Crippen LogP contribution in [0.5, 0.6) is 5.75 Å². The zero-order valence-electron chi connectivity index (χ0n) is 14.3. The van der Waals surface area contributed by atoms with Crippen molar-refractivity contribution in [3.05, 3.63) is 99.5 Å². The highest BCUT2D eigenvalue weighted by Crippen LogP contribution is 2.43. The monoisotopic (exact) mass is 398 g/mol. The number of carbonyl (C=O) groups is 1. The van der Waals surface area contributed by atoms with Crippen LogP contribution >= 0.6 is 23.2 Å². The topological polar surface area (TPSA) is 38.8 Å². The molecule has 0 saturated carbocycles. The van der Waals surface area contributed by atoms with Crippen molar-refractivity contribution in [1.82, 2.24) is 0 Å². The summed E-state index contributed by atoms with van der Waals surface area (Å²) in [5, 5.41) is 0.922. The Bertz CT molecular complexity index is 972. The summed E-state index contributed by atoms with van der Waals surface area (Å²) in [7, 11) is 0. The highest BCUT2D eigenvalue weighted by atomic mass is 35.5. The molecule has 0 aromatic heterocycles. The maximum atomic E-state index is 12.9. The summed E-state index contributed by atoms with van der Waals surface area (Å²) in [6.07, 6.45) is -0.849. The van der Waals surface area contributed by atoms with Gasteiger partial charge < -0.3 is 9.47 Å². The third kappa shape index (κ3) is 4.01. The molecule has 0 radical (unpaired) electrons. The number of benzene rings is 3.